The number of aromatic nitrogens is 4. The Balaban J connectivity index is 1.45. The number of ether oxygens (including phenoxy) is 2. The minimum Gasteiger partial charge on any atom is -0.487 e. The van der Waals surface area contributed by atoms with E-state index in [1.54, 1.807) is 22.1 Å². The summed E-state index contributed by atoms with van der Waals surface area (Å²) >= 11 is 1.72. The number of aromatic amines is 1. The van der Waals surface area contributed by atoms with E-state index in [4.69, 9.17) is 9.47 Å². The quantitative estimate of drug-likeness (QED) is 0.218. The van der Waals surface area contributed by atoms with Crippen LogP contribution in [0.1, 0.15) is 73.5 Å². The molecule has 5 aromatic rings. The molecule has 9 nitrogen and oxygen atoms in total. The number of rotatable bonds is 8. The van der Waals surface area contributed by atoms with Crippen LogP contribution in [0, 0.1) is 6.92 Å². The van der Waals surface area contributed by atoms with Gasteiger partial charge in [0.05, 0.1) is 30.3 Å². The number of nitrogens with zero attached hydrogens (tertiary/aromatic N) is 4. The van der Waals surface area contributed by atoms with E-state index in [1.807, 2.05) is 20.0 Å². The van der Waals surface area contributed by atoms with Crippen LogP contribution in [0.15, 0.2) is 52.6 Å². The minimum absolute atomic E-state index is 0.00506. The van der Waals surface area contributed by atoms with Crippen LogP contribution in [-0.4, -0.2) is 50.1 Å². The van der Waals surface area contributed by atoms with Gasteiger partial charge < -0.3 is 14.5 Å². The highest BCUT2D eigenvalue weighted by atomic mass is 32.1. The first kappa shape index (κ1) is 29.1. The summed E-state index contributed by atoms with van der Waals surface area (Å²) in [5.41, 5.74) is 6.73. The minimum atomic E-state index is -0.234. The lowest BCUT2D eigenvalue weighted by Crippen LogP contribution is -2.34. The topological polar surface area (TPSA) is 102 Å². The molecule has 0 radical (unpaired) electrons. The van der Waals surface area contributed by atoms with Crippen LogP contribution in [0.25, 0.3) is 21.1 Å². The first-order valence-electron chi connectivity index (χ1n) is 14.9. The van der Waals surface area contributed by atoms with Crippen molar-refractivity contribution in [3.05, 3.63) is 86.1 Å². The third kappa shape index (κ3) is 5.57. The molecule has 0 saturated heterocycles. The van der Waals surface area contributed by atoms with Crippen molar-refractivity contribution in [3.63, 3.8) is 0 Å². The van der Waals surface area contributed by atoms with Gasteiger partial charge in [-0.25, -0.2) is 4.68 Å². The van der Waals surface area contributed by atoms with Gasteiger partial charge in [0.1, 0.15) is 17.4 Å². The Morgan fingerprint density at radius 2 is 2.05 bits per heavy atom. The molecule has 10 heteroatoms. The summed E-state index contributed by atoms with van der Waals surface area (Å²) in [6.07, 6.45) is 1.06. The van der Waals surface area contributed by atoms with Gasteiger partial charge in [0.15, 0.2) is 0 Å². The second kappa shape index (κ2) is 11.9. The van der Waals surface area contributed by atoms with Gasteiger partial charge in [0.25, 0.3) is 0 Å². The van der Waals surface area contributed by atoms with Crippen molar-refractivity contribution in [2.24, 2.45) is 7.05 Å². The van der Waals surface area contributed by atoms with Crippen molar-refractivity contribution in [2.75, 3.05) is 13.2 Å². The number of fused-ring (bicyclic) bond motifs is 3. The Bertz CT molecular complexity index is 1860. The van der Waals surface area contributed by atoms with E-state index in [0.717, 1.165) is 57.5 Å². The fourth-order valence-corrected chi connectivity index (χ4v) is 7.15. The van der Waals surface area contributed by atoms with Crippen LogP contribution < -0.4 is 10.3 Å². The normalized spacial score (nSPS) is 17.9. The molecule has 1 aliphatic heterocycles. The van der Waals surface area contributed by atoms with Gasteiger partial charge in [-0.05, 0) is 84.5 Å². The molecule has 0 bridgehead atoms. The Kier molecular flexibility index (Phi) is 8.07. The van der Waals surface area contributed by atoms with E-state index in [9.17, 15) is 9.59 Å². The predicted octanol–water partition coefficient (Wildman–Crippen LogP) is 6.00. The summed E-state index contributed by atoms with van der Waals surface area (Å²) in [4.78, 5) is 30.7. The Morgan fingerprint density at radius 3 is 2.84 bits per heavy atom. The number of pyridine rings is 1. The van der Waals surface area contributed by atoms with Crippen LogP contribution in [0.2, 0.25) is 0 Å². The Labute approximate surface area is 254 Å². The van der Waals surface area contributed by atoms with E-state index in [1.165, 1.54) is 16.3 Å². The number of carbonyl (C=O) groups is 1. The van der Waals surface area contributed by atoms with Gasteiger partial charge in [0, 0.05) is 36.8 Å². The molecule has 1 aliphatic rings. The maximum Gasteiger partial charge on any atom is 0.306 e. The number of hydrogen-bond donors (Lipinski definition) is 1. The summed E-state index contributed by atoms with van der Waals surface area (Å²) in [6.45, 7) is 9.85. The number of benzene rings is 2. The molecule has 0 spiro atoms. The van der Waals surface area contributed by atoms with Gasteiger partial charge in [-0.2, -0.15) is 0 Å². The third-order valence-electron chi connectivity index (χ3n) is 8.62. The third-order valence-corrected chi connectivity index (χ3v) is 9.62. The lowest BCUT2D eigenvalue weighted by molar-refractivity contribution is -0.143. The number of carbonyl (C=O) groups excluding carboxylic acids is 1. The predicted molar refractivity (Wildman–Crippen MR) is 169 cm³/mol. The Hall–Kier alpha value is -4.02. The summed E-state index contributed by atoms with van der Waals surface area (Å²) in [6, 6.07) is 14.0. The van der Waals surface area contributed by atoms with Gasteiger partial charge in [0.2, 0.25) is 5.56 Å². The van der Waals surface area contributed by atoms with Gasteiger partial charge in [-0.3, -0.25) is 14.5 Å². The van der Waals surface area contributed by atoms with Crippen LogP contribution in [0.4, 0.5) is 0 Å². The van der Waals surface area contributed by atoms with Crippen molar-refractivity contribution in [1.29, 1.82) is 0 Å². The second-order valence-electron chi connectivity index (χ2n) is 11.3. The highest BCUT2D eigenvalue weighted by Gasteiger charge is 2.30. The van der Waals surface area contributed by atoms with E-state index in [-0.39, 0.29) is 36.0 Å². The zero-order chi connectivity index (χ0) is 30.2. The van der Waals surface area contributed by atoms with Gasteiger partial charge in [-0.1, -0.05) is 24.3 Å². The summed E-state index contributed by atoms with van der Waals surface area (Å²) in [7, 11) is 1.88. The zero-order valence-electron chi connectivity index (χ0n) is 25.2. The van der Waals surface area contributed by atoms with Crippen LogP contribution in [0.3, 0.4) is 0 Å². The van der Waals surface area contributed by atoms with E-state index in [2.05, 4.69) is 70.6 Å². The van der Waals surface area contributed by atoms with Crippen LogP contribution >= 0.6 is 11.3 Å². The second-order valence-corrected chi connectivity index (χ2v) is 12.2. The number of esters is 1. The van der Waals surface area contributed by atoms with Crippen molar-refractivity contribution in [3.8, 4) is 5.75 Å². The molecule has 6 rings (SSSR count). The average Bonchev–Trinajstić information content (AvgIpc) is 3.60. The standard InChI is InChI=1S/C33H37N5O4S/c1-6-24-18-38(20(4)32-28(42-24)10-11-29(39)34-32)17-23-15-22(14-21-12-13-43-33(21)23)26(16-30(40)41-7-2)25-8-9-27-31(19(25)3)35-36-37(27)5/h8-15,20,24,26H,6-7,16-18H2,1-5H3,(H,34,39)/t20-,24+,26+/m0/s1. The molecule has 3 aromatic heterocycles. The molecule has 1 N–H and O–H groups in total. The highest BCUT2D eigenvalue weighted by molar-refractivity contribution is 7.17. The molecule has 0 aliphatic carbocycles. The number of aryl methyl sites for hydroxylation is 2. The van der Waals surface area contributed by atoms with Gasteiger partial charge in [-0.15, -0.1) is 16.4 Å². The molecule has 0 unspecified atom stereocenters. The van der Waals surface area contributed by atoms with Gasteiger partial charge >= 0.3 is 5.97 Å². The number of nitrogens with one attached hydrogen (secondary N) is 1. The maximum absolute atomic E-state index is 13.0. The molecule has 0 fully saturated rings. The molecule has 43 heavy (non-hydrogen) atoms. The smallest absolute Gasteiger partial charge is 0.306 e. The van der Waals surface area contributed by atoms with Crippen LogP contribution in [0.5, 0.6) is 5.75 Å². The molecule has 4 heterocycles. The fraction of sp³-hybridized carbons (Fsp3) is 0.394. The number of hydrogen-bond acceptors (Lipinski definition) is 8. The van der Waals surface area contributed by atoms with E-state index in [0.29, 0.717) is 13.2 Å². The molecule has 2 aromatic carbocycles. The van der Waals surface area contributed by atoms with Crippen molar-refractivity contribution in [1.82, 2.24) is 24.9 Å². The lowest BCUT2D eigenvalue weighted by Gasteiger charge is -2.29. The van der Waals surface area contributed by atoms with Crippen molar-refractivity contribution in [2.45, 2.75) is 65.1 Å². The van der Waals surface area contributed by atoms with Crippen molar-refractivity contribution < 1.29 is 14.3 Å². The fourth-order valence-electron chi connectivity index (χ4n) is 6.26. The maximum atomic E-state index is 13.0. The summed E-state index contributed by atoms with van der Waals surface area (Å²) in [5.74, 6) is 0.280. The highest BCUT2D eigenvalue weighted by Crippen LogP contribution is 2.39. The molecule has 0 amide bonds. The molecule has 3 atom stereocenters. The largest absolute Gasteiger partial charge is 0.487 e. The summed E-state index contributed by atoms with van der Waals surface area (Å²) < 4.78 is 14.8. The Morgan fingerprint density at radius 1 is 1.21 bits per heavy atom. The molecular weight excluding hydrogens is 562 g/mol. The average molecular weight is 600 g/mol. The lowest BCUT2D eigenvalue weighted by atomic mass is 9.84. The van der Waals surface area contributed by atoms with Crippen molar-refractivity contribution >= 4 is 38.4 Å². The molecule has 224 valence electrons. The zero-order valence-corrected chi connectivity index (χ0v) is 26.0. The first-order valence-corrected chi connectivity index (χ1v) is 15.7. The van der Waals surface area contributed by atoms with E-state index >= 15 is 0 Å². The SMILES string of the molecule is CCOC(=O)C[C@H](c1cc(CN2C[C@@H](CC)Oc3ccc(=O)[nH]c3[C@@H]2C)c2sccc2c1)c1ccc2c(nnn2C)c1C. The van der Waals surface area contributed by atoms with Crippen LogP contribution in [-0.2, 0) is 23.1 Å². The molecule has 0 saturated carbocycles. The first-order chi connectivity index (χ1) is 20.8. The number of thiophene rings is 1. The summed E-state index contributed by atoms with van der Waals surface area (Å²) in [5, 5.41) is 11.9. The molecular formula is C33H37N5O4S. The number of H-pyrrole nitrogens is 1. The van der Waals surface area contributed by atoms with E-state index < -0.39 is 0 Å². The monoisotopic (exact) mass is 599 g/mol.